The quantitative estimate of drug-likeness (QED) is 0.782. The molecule has 0 radical (unpaired) electrons. The molecule has 0 aliphatic carbocycles. The second kappa shape index (κ2) is 3.17. The zero-order chi connectivity index (χ0) is 10.2. The molecule has 1 atom stereocenters. The lowest BCUT2D eigenvalue weighted by atomic mass is 9.93. The van der Waals surface area contributed by atoms with Crippen molar-refractivity contribution < 1.29 is 14.6 Å². The smallest absolute Gasteiger partial charge is 0.231 e. The Labute approximate surface area is 83.3 Å². The lowest BCUT2D eigenvalue weighted by Gasteiger charge is -2.21. The Morgan fingerprint density at radius 1 is 1.36 bits per heavy atom. The van der Waals surface area contributed by atoms with Crippen molar-refractivity contribution in [1.82, 2.24) is 0 Å². The van der Waals surface area contributed by atoms with Crippen molar-refractivity contribution in [1.29, 1.82) is 0 Å². The highest BCUT2D eigenvalue weighted by atomic mass is 16.7. The van der Waals surface area contributed by atoms with Crippen LogP contribution in [0.5, 0.6) is 11.5 Å². The maximum Gasteiger partial charge on any atom is 0.231 e. The van der Waals surface area contributed by atoms with Crippen LogP contribution in [0.15, 0.2) is 18.2 Å². The molecule has 1 N–H and O–H groups in total. The van der Waals surface area contributed by atoms with Crippen molar-refractivity contribution in [3.8, 4) is 11.5 Å². The van der Waals surface area contributed by atoms with Gasteiger partial charge in [0.2, 0.25) is 6.79 Å². The van der Waals surface area contributed by atoms with Gasteiger partial charge in [-0.2, -0.15) is 0 Å². The van der Waals surface area contributed by atoms with Gasteiger partial charge in [0.25, 0.3) is 0 Å². The van der Waals surface area contributed by atoms with Gasteiger partial charge in [-0.25, -0.2) is 0 Å². The summed E-state index contributed by atoms with van der Waals surface area (Å²) in [7, 11) is 0. The Balaban J connectivity index is 2.38. The first kappa shape index (κ1) is 9.34. The summed E-state index contributed by atoms with van der Waals surface area (Å²) in [6.07, 6.45) is 0.673. The second-order valence-electron chi connectivity index (χ2n) is 3.70. The van der Waals surface area contributed by atoms with Crippen LogP contribution in [-0.2, 0) is 5.60 Å². The fraction of sp³-hybridized carbons (Fsp3) is 0.455. The topological polar surface area (TPSA) is 38.7 Å². The van der Waals surface area contributed by atoms with Crippen molar-refractivity contribution in [3.05, 3.63) is 23.8 Å². The zero-order valence-electron chi connectivity index (χ0n) is 8.41. The van der Waals surface area contributed by atoms with Gasteiger partial charge >= 0.3 is 0 Å². The van der Waals surface area contributed by atoms with Crippen LogP contribution in [0.4, 0.5) is 0 Å². The minimum atomic E-state index is -0.791. The standard InChI is InChI=1S/C11H14O3/c1-3-11(2,12)8-4-5-9-10(6-8)14-7-13-9/h4-6,12H,3,7H2,1-2H3. The number of ether oxygens (including phenoxy) is 2. The van der Waals surface area contributed by atoms with Gasteiger partial charge in [0, 0.05) is 0 Å². The monoisotopic (exact) mass is 194 g/mol. The number of benzene rings is 1. The Kier molecular flexibility index (Phi) is 2.11. The number of hydrogen-bond donors (Lipinski definition) is 1. The summed E-state index contributed by atoms with van der Waals surface area (Å²) in [5.41, 5.74) is 0.0744. The van der Waals surface area contributed by atoms with Gasteiger partial charge in [-0.05, 0) is 31.0 Å². The molecule has 14 heavy (non-hydrogen) atoms. The molecule has 1 unspecified atom stereocenters. The van der Waals surface area contributed by atoms with Crippen molar-refractivity contribution in [2.24, 2.45) is 0 Å². The first-order valence-electron chi connectivity index (χ1n) is 4.76. The molecule has 0 amide bonds. The zero-order valence-corrected chi connectivity index (χ0v) is 8.41. The molecule has 1 aromatic rings. The molecule has 0 saturated heterocycles. The van der Waals surface area contributed by atoms with Crippen LogP contribution in [0, 0.1) is 0 Å². The predicted molar refractivity (Wildman–Crippen MR) is 52.4 cm³/mol. The highest BCUT2D eigenvalue weighted by Gasteiger charge is 2.23. The van der Waals surface area contributed by atoms with Gasteiger partial charge in [-0.3, -0.25) is 0 Å². The van der Waals surface area contributed by atoms with E-state index in [2.05, 4.69) is 0 Å². The van der Waals surface area contributed by atoms with Crippen LogP contribution in [0.1, 0.15) is 25.8 Å². The lowest BCUT2D eigenvalue weighted by Crippen LogP contribution is -2.19. The van der Waals surface area contributed by atoms with Crippen molar-refractivity contribution in [2.45, 2.75) is 25.9 Å². The molecule has 1 aliphatic rings. The molecule has 3 nitrogen and oxygen atoms in total. The summed E-state index contributed by atoms with van der Waals surface area (Å²) in [5, 5.41) is 10.0. The first-order valence-corrected chi connectivity index (χ1v) is 4.76. The largest absolute Gasteiger partial charge is 0.454 e. The van der Waals surface area contributed by atoms with Gasteiger partial charge in [0.05, 0.1) is 5.60 Å². The molecule has 2 rings (SSSR count). The van der Waals surface area contributed by atoms with Crippen LogP contribution in [0.3, 0.4) is 0 Å². The van der Waals surface area contributed by atoms with E-state index in [0.29, 0.717) is 6.42 Å². The lowest BCUT2D eigenvalue weighted by molar-refractivity contribution is 0.0529. The van der Waals surface area contributed by atoms with E-state index in [-0.39, 0.29) is 6.79 Å². The third kappa shape index (κ3) is 1.44. The molecular formula is C11H14O3. The summed E-state index contributed by atoms with van der Waals surface area (Å²) in [6, 6.07) is 5.55. The molecule has 3 heteroatoms. The molecule has 0 aromatic heterocycles. The number of hydrogen-bond acceptors (Lipinski definition) is 3. The average Bonchev–Trinajstić information content (AvgIpc) is 2.64. The van der Waals surface area contributed by atoms with E-state index in [1.807, 2.05) is 25.1 Å². The second-order valence-corrected chi connectivity index (χ2v) is 3.70. The summed E-state index contributed by atoms with van der Waals surface area (Å²) in [6.45, 7) is 4.02. The highest BCUT2D eigenvalue weighted by molar-refractivity contribution is 5.45. The van der Waals surface area contributed by atoms with E-state index in [4.69, 9.17) is 9.47 Å². The summed E-state index contributed by atoms with van der Waals surface area (Å²) in [5.74, 6) is 1.47. The van der Waals surface area contributed by atoms with E-state index < -0.39 is 5.60 Å². The van der Waals surface area contributed by atoms with Crippen molar-refractivity contribution >= 4 is 0 Å². The minimum absolute atomic E-state index is 0.271. The van der Waals surface area contributed by atoms with E-state index in [1.165, 1.54) is 0 Å². The molecular weight excluding hydrogens is 180 g/mol. The van der Waals surface area contributed by atoms with Gasteiger partial charge in [0.1, 0.15) is 0 Å². The van der Waals surface area contributed by atoms with E-state index >= 15 is 0 Å². The normalized spacial score (nSPS) is 17.9. The third-order valence-corrected chi connectivity index (χ3v) is 2.68. The van der Waals surface area contributed by atoms with E-state index in [1.54, 1.807) is 6.92 Å². The molecule has 0 bridgehead atoms. The fourth-order valence-electron chi connectivity index (χ4n) is 1.44. The number of aliphatic hydroxyl groups is 1. The Morgan fingerprint density at radius 2 is 2.07 bits per heavy atom. The first-order chi connectivity index (χ1) is 6.63. The third-order valence-electron chi connectivity index (χ3n) is 2.68. The highest BCUT2D eigenvalue weighted by Crippen LogP contribution is 2.36. The van der Waals surface area contributed by atoms with E-state index in [9.17, 15) is 5.11 Å². The van der Waals surface area contributed by atoms with Gasteiger partial charge in [-0.15, -0.1) is 0 Å². The van der Waals surface area contributed by atoms with Crippen LogP contribution in [0.2, 0.25) is 0 Å². The summed E-state index contributed by atoms with van der Waals surface area (Å²) in [4.78, 5) is 0. The summed E-state index contributed by atoms with van der Waals surface area (Å²) >= 11 is 0. The maximum atomic E-state index is 10.0. The predicted octanol–water partition coefficient (Wildman–Crippen LogP) is 2.03. The minimum Gasteiger partial charge on any atom is -0.454 e. The SMILES string of the molecule is CCC(C)(O)c1ccc2c(c1)OCO2. The van der Waals surface area contributed by atoms with Crippen LogP contribution in [-0.4, -0.2) is 11.9 Å². The number of rotatable bonds is 2. The summed E-state index contributed by atoms with van der Waals surface area (Å²) < 4.78 is 10.4. The van der Waals surface area contributed by atoms with Crippen LogP contribution in [0.25, 0.3) is 0 Å². The molecule has 1 aromatic carbocycles. The number of fused-ring (bicyclic) bond motifs is 1. The van der Waals surface area contributed by atoms with Crippen molar-refractivity contribution in [2.75, 3.05) is 6.79 Å². The Bertz CT molecular complexity index is 344. The maximum absolute atomic E-state index is 10.0. The van der Waals surface area contributed by atoms with Crippen molar-refractivity contribution in [3.63, 3.8) is 0 Å². The molecule has 1 heterocycles. The molecule has 0 saturated carbocycles. The Hall–Kier alpha value is -1.22. The van der Waals surface area contributed by atoms with Gasteiger partial charge in [0.15, 0.2) is 11.5 Å². The molecule has 0 spiro atoms. The van der Waals surface area contributed by atoms with Crippen LogP contribution < -0.4 is 9.47 Å². The van der Waals surface area contributed by atoms with Crippen LogP contribution >= 0.6 is 0 Å². The fourth-order valence-corrected chi connectivity index (χ4v) is 1.44. The molecule has 76 valence electrons. The molecule has 0 fully saturated rings. The van der Waals surface area contributed by atoms with E-state index in [0.717, 1.165) is 17.1 Å². The average molecular weight is 194 g/mol. The molecule has 1 aliphatic heterocycles. The van der Waals surface area contributed by atoms with Gasteiger partial charge < -0.3 is 14.6 Å². The van der Waals surface area contributed by atoms with Gasteiger partial charge in [-0.1, -0.05) is 13.0 Å². The Morgan fingerprint density at radius 3 is 2.79 bits per heavy atom.